The molecule has 1 nitrogen and oxygen atoms in total. The molecule has 0 saturated heterocycles. The average molecular weight is 169 g/mol. The van der Waals surface area contributed by atoms with E-state index in [1.807, 2.05) is 12.2 Å². The number of hydrogen-bond acceptors (Lipinski definition) is 1. The van der Waals surface area contributed by atoms with Crippen LogP contribution in [0, 0.1) is 0 Å². The molecule has 0 unspecified atom stereocenters. The monoisotopic (exact) mass is 169 g/mol. The fourth-order valence-electron chi connectivity index (χ4n) is 1.08. The van der Waals surface area contributed by atoms with Crippen LogP contribution in [0.3, 0.4) is 0 Å². The van der Waals surface area contributed by atoms with Gasteiger partial charge in [0.05, 0.1) is 8.80 Å². The Bertz CT molecular complexity index is 102. The molecule has 0 fully saturated rings. The average Bonchev–Trinajstić information content (AvgIpc) is 2.01. The molecule has 0 aromatic rings. The zero-order valence-electron chi connectivity index (χ0n) is 7.47. The molecule has 0 heterocycles. The highest BCUT2D eigenvalue weighted by molar-refractivity contribution is 6.60. The Labute approximate surface area is 71.8 Å². The highest BCUT2D eigenvalue weighted by Gasteiger charge is 2.04. The third kappa shape index (κ3) is 6.07. The molecule has 0 aliphatic heterocycles. The molecular weight excluding hydrogens is 150 g/mol. The smallest absolute Gasteiger partial charge is 0.0601 e. The minimum Gasteiger partial charge on any atom is -0.320 e. The number of hydrogen-bond donors (Lipinski definition) is 1. The van der Waals surface area contributed by atoms with E-state index in [2.05, 4.69) is 25.4 Å². The van der Waals surface area contributed by atoms with Crippen molar-refractivity contribution in [3.63, 3.8) is 0 Å². The Morgan fingerprint density at radius 2 is 1.82 bits per heavy atom. The van der Waals surface area contributed by atoms with Gasteiger partial charge < -0.3 is 5.32 Å². The van der Waals surface area contributed by atoms with Crippen LogP contribution in [0.1, 0.15) is 6.92 Å². The van der Waals surface area contributed by atoms with Crippen LogP contribution < -0.4 is 5.32 Å². The van der Waals surface area contributed by atoms with Gasteiger partial charge in [-0.3, -0.25) is 0 Å². The quantitative estimate of drug-likeness (QED) is 0.452. The first kappa shape index (κ1) is 10.7. The van der Waals surface area contributed by atoms with Gasteiger partial charge in [-0.15, -0.1) is 13.2 Å². The van der Waals surface area contributed by atoms with Crippen molar-refractivity contribution < 1.29 is 0 Å². The number of rotatable bonds is 7. The zero-order valence-corrected chi connectivity index (χ0v) is 8.63. The number of allylic oxidation sites excluding steroid dienone is 2. The second kappa shape index (κ2) is 7.76. The van der Waals surface area contributed by atoms with Crippen molar-refractivity contribution in [1.82, 2.24) is 5.32 Å². The van der Waals surface area contributed by atoms with Gasteiger partial charge in [0.25, 0.3) is 0 Å². The van der Waals surface area contributed by atoms with E-state index in [-0.39, 0.29) is 0 Å². The highest BCUT2D eigenvalue weighted by atomic mass is 28.3. The first-order valence-electron chi connectivity index (χ1n) is 4.27. The summed E-state index contributed by atoms with van der Waals surface area (Å²) >= 11 is 0. The molecule has 2 heteroatoms. The van der Waals surface area contributed by atoms with Crippen LogP contribution in [-0.4, -0.2) is 21.5 Å². The van der Waals surface area contributed by atoms with E-state index >= 15 is 0 Å². The predicted molar refractivity (Wildman–Crippen MR) is 55.7 cm³/mol. The summed E-state index contributed by atoms with van der Waals surface area (Å²) in [6.07, 6.45) is 5.30. The summed E-state index contributed by atoms with van der Waals surface area (Å²) in [6.45, 7) is 10.8. The molecule has 0 aliphatic carbocycles. The van der Waals surface area contributed by atoms with Gasteiger partial charge in [0.2, 0.25) is 0 Å². The van der Waals surface area contributed by atoms with Gasteiger partial charge in [-0.2, -0.15) is 0 Å². The predicted octanol–water partition coefficient (Wildman–Crippen LogP) is 1.73. The molecule has 0 aromatic carbocycles. The molecule has 64 valence electrons. The van der Waals surface area contributed by atoms with Gasteiger partial charge in [0.15, 0.2) is 0 Å². The third-order valence-electron chi connectivity index (χ3n) is 1.68. The minimum atomic E-state index is -0.599. The maximum Gasteiger partial charge on any atom is 0.0601 e. The molecule has 0 rings (SSSR count). The Hall–Kier alpha value is -0.343. The van der Waals surface area contributed by atoms with Crippen LogP contribution in [-0.2, 0) is 0 Å². The van der Waals surface area contributed by atoms with Crippen LogP contribution in [0.4, 0.5) is 0 Å². The summed E-state index contributed by atoms with van der Waals surface area (Å²) in [5.41, 5.74) is 0. The van der Waals surface area contributed by atoms with E-state index in [0.29, 0.717) is 0 Å². The van der Waals surface area contributed by atoms with Crippen molar-refractivity contribution in [2.45, 2.75) is 19.0 Å². The fraction of sp³-hybridized carbons (Fsp3) is 0.556. The Morgan fingerprint density at radius 1 is 1.27 bits per heavy atom. The second-order valence-corrected chi connectivity index (χ2v) is 5.81. The maximum atomic E-state index is 3.76. The summed E-state index contributed by atoms with van der Waals surface area (Å²) in [6, 6.07) is 2.44. The minimum absolute atomic E-state index is 0.599. The zero-order chi connectivity index (χ0) is 8.53. The summed E-state index contributed by atoms with van der Waals surface area (Å²) in [7, 11) is -0.599. The van der Waals surface area contributed by atoms with Crippen LogP contribution in [0.15, 0.2) is 25.3 Å². The molecule has 0 atom stereocenters. The fourth-order valence-corrected chi connectivity index (χ4v) is 3.25. The van der Waals surface area contributed by atoms with Crippen molar-refractivity contribution in [3.8, 4) is 0 Å². The Kier molecular flexibility index (Phi) is 7.52. The molecule has 0 saturated carbocycles. The summed E-state index contributed by atoms with van der Waals surface area (Å²) in [5, 5.41) is 3.38. The second-order valence-electron chi connectivity index (χ2n) is 2.72. The topological polar surface area (TPSA) is 12.0 Å². The molecule has 0 radical (unpaired) electrons. The molecule has 11 heavy (non-hydrogen) atoms. The van der Waals surface area contributed by atoms with Gasteiger partial charge in [-0.05, 0) is 24.8 Å². The van der Waals surface area contributed by atoms with Crippen LogP contribution in [0.2, 0.25) is 12.1 Å². The molecule has 0 aliphatic rings. The standard InChI is InChI=1S/C9H19NSi/c1-4-7-11(8-5-2)9-10-6-3/h4-5,10-11H,1-2,6-9H2,3H3. The highest BCUT2D eigenvalue weighted by Crippen LogP contribution is 1.99. The van der Waals surface area contributed by atoms with E-state index in [1.54, 1.807) is 0 Å². The van der Waals surface area contributed by atoms with E-state index in [4.69, 9.17) is 0 Å². The van der Waals surface area contributed by atoms with Gasteiger partial charge in [0.1, 0.15) is 0 Å². The van der Waals surface area contributed by atoms with Crippen LogP contribution in [0.5, 0.6) is 0 Å². The van der Waals surface area contributed by atoms with E-state index in [9.17, 15) is 0 Å². The lowest BCUT2D eigenvalue weighted by molar-refractivity contribution is 0.821. The Balaban J connectivity index is 3.49. The lowest BCUT2D eigenvalue weighted by Gasteiger charge is -2.10. The molecule has 0 spiro atoms. The van der Waals surface area contributed by atoms with Gasteiger partial charge in [0, 0.05) is 0 Å². The van der Waals surface area contributed by atoms with Crippen molar-refractivity contribution in [3.05, 3.63) is 25.3 Å². The number of nitrogens with one attached hydrogen (secondary N) is 1. The van der Waals surface area contributed by atoms with Gasteiger partial charge >= 0.3 is 0 Å². The summed E-state index contributed by atoms with van der Waals surface area (Å²) < 4.78 is 0. The summed E-state index contributed by atoms with van der Waals surface area (Å²) in [5.74, 6) is 0. The summed E-state index contributed by atoms with van der Waals surface area (Å²) in [4.78, 5) is 0. The van der Waals surface area contributed by atoms with Crippen molar-refractivity contribution in [2.75, 3.05) is 12.7 Å². The van der Waals surface area contributed by atoms with Crippen LogP contribution in [0.25, 0.3) is 0 Å². The maximum absolute atomic E-state index is 3.76. The third-order valence-corrected chi connectivity index (χ3v) is 4.55. The van der Waals surface area contributed by atoms with Crippen molar-refractivity contribution in [2.24, 2.45) is 0 Å². The molecule has 1 N–H and O–H groups in total. The lowest BCUT2D eigenvalue weighted by atomic mass is 10.7. The lowest BCUT2D eigenvalue weighted by Crippen LogP contribution is -2.29. The van der Waals surface area contributed by atoms with Crippen molar-refractivity contribution in [1.29, 1.82) is 0 Å². The van der Waals surface area contributed by atoms with E-state index in [1.165, 1.54) is 18.3 Å². The normalized spacial score (nSPS) is 10.0. The SMILES string of the molecule is C=CC[SiH](CC=C)CNCC. The molecule has 0 bridgehead atoms. The van der Waals surface area contributed by atoms with E-state index in [0.717, 1.165) is 6.54 Å². The van der Waals surface area contributed by atoms with Crippen molar-refractivity contribution >= 4 is 8.80 Å². The first-order chi connectivity index (χ1) is 5.35. The van der Waals surface area contributed by atoms with Gasteiger partial charge in [-0.1, -0.05) is 19.1 Å². The molecular formula is C9H19NSi. The molecule has 0 aromatic heterocycles. The largest absolute Gasteiger partial charge is 0.320 e. The Morgan fingerprint density at radius 3 is 2.18 bits per heavy atom. The van der Waals surface area contributed by atoms with Gasteiger partial charge in [-0.25, -0.2) is 0 Å². The van der Waals surface area contributed by atoms with Crippen LogP contribution >= 0.6 is 0 Å². The first-order valence-corrected chi connectivity index (χ1v) is 6.72. The van der Waals surface area contributed by atoms with E-state index < -0.39 is 8.80 Å². The molecule has 0 amide bonds.